The predicted octanol–water partition coefficient (Wildman–Crippen LogP) is 3.57. The summed E-state index contributed by atoms with van der Waals surface area (Å²) >= 11 is 6.39. The van der Waals surface area contributed by atoms with Gasteiger partial charge in [-0.05, 0) is 36.8 Å². The minimum atomic E-state index is -0.128. The minimum Gasteiger partial charge on any atom is -0.367 e. The van der Waals surface area contributed by atoms with Crippen LogP contribution < -0.4 is 10.2 Å². The van der Waals surface area contributed by atoms with Gasteiger partial charge in [0.2, 0.25) is 5.91 Å². The van der Waals surface area contributed by atoms with E-state index in [1.165, 1.54) is 6.92 Å². The molecule has 136 valence electrons. The van der Waals surface area contributed by atoms with Gasteiger partial charge in [0.05, 0.1) is 10.7 Å². The molecule has 0 aromatic heterocycles. The number of nitrogens with zero attached hydrogens (tertiary/aromatic N) is 2. The van der Waals surface area contributed by atoms with E-state index >= 15 is 0 Å². The average Bonchev–Trinajstić information content (AvgIpc) is 2.61. The van der Waals surface area contributed by atoms with E-state index in [0.29, 0.717) is 23.8 Å². The molecule has 0 bridgehead atoms. The molecule has 1 aliphatic rings. The first-order chi connectivity index (χ1) is 12.5. The topological polar surface area (TPSA) is 52.7 Å². The van der Waals surface area contributed by atoms with E-state index in [-0.39, 0.29) is 11.8 Å². The fraction of sp³-hybridized carbons (Fsp3) is 0.300. The third kappa shape index (κ3) is 3.99. The number of halogens is 1. The molecule has 0 spiro atoms. The van der Waals surface area contributed by atoms with E-state index in [1.54, 1.807) is 6.07 Å². The second-order valence-electron chi connectivity index (χ2n) is 6.44. The van der Waals surface area contributed by atoms with Crippen LogP contribution in [-0.4, -0.2) is 42.9 Å². The van der Waals surface area contributed by atoms with Gasteiger partial charge >= 0.3 is 0 Å². The van der Waals surface area contributed by atoms with Gasteiger partial charge in [-0.15, -0.1) is 0 Å². The Balaban J connectivity index is 1.66. The first kappa shape index (κ1) is 18.3. The van der Waals surface area contributed by atoms with E-state index in [2.05, 4.69) is 10.2 Å². The number of hydrogen-bond donors (Lipinski definition) is 1. The number of carbonyl (C=O) groups excluding carboxylic acids is 2. The lowest BCUT2D eigenvalue weighted by molar-refractivity contribution is -0.114. The van der Waals surface area contributed by atoms with Crippen LogP contribution in [-0.2, 0) is 4.79 Å². The van der Waals surface area contributed by atoms with Gasteiger partial charge in [0.1, 0.15) is 0 Å². The van der Waals surface area contributed by atoms with Crippen molar-refractivity contribution in [2.75, 3.05) is 36.4 Å². The molecule has 0 radical (unpaired) electrons. The van der Waals surface area contributed by atoms with Crippen molar-refractivity contribution in [3.05, 3.63) is 58.6 Å². The van der Waals surface area contributed by atoms with Crippen molar-refractivity contribution in [3.8, 4) is 0 Å². The third-order valence-electron chi connectivity index (χ3n) is 4.55. The van der Waals surface area contributed by atoms with E-state index in [9.17, 15) is 9.59 Å². The van der Waals surface area contributed by atoms with Crippen molar-refractivity contribution in [2.24, 2.45) is 0 Å². The van der Waals surface area contributed by atoms with Crippen LogP contribution in [0.1, 0.15) is 22.8 Å². The molecular formula is C20H22ClN3O2. The van der Waals surface area contributed by atoms with Crippen molar-refractivity contribution < 1.29 is 9.59 Å². The minimum absolute atomic E-state index is 0.0786. The highest BCUT2D eigenvalue weighted by atomic mass is 35.5. The molecule has 0 aliphatic carbocycles. The summed E-state index contributed by atoms with van der Waals surface area (Å²) in [7, 11) is 0. The Kier molecular flexibility index (Phi) is 5.47. The summed E-state index contributed by atoms with van der Waals surface area (Å²) in [6, 6.07) is 13.2. The maximum atomic E-state index is 12.7. The summed E-state index contributed by atoms with van der Waals surface area (Å²) < 4.78 is 0. The van der Waals surface area contributed by atoms with E-state index in [1.807, 2.05) is 48.2 Å². The zero-order valence-electron chi connectivity index (χ0n) is 15.0. The van der Waals surface area contributed by atoms with Crippen LogP contribution in [0.25, 0.3) is 0 Å². The summed E-state index contributed by atoms with van der Waals surface area (Å²) in [4.78, 5) is 27.9. The number of rotatable bonds is 3. The van der Waals surface area contributed by atoms with Gasteiger partial charge in [-0.2, -0.15) is 0 Å². The summed E-state index contributed by atoms with van der Waals surface area (Å²) in [6.45, 7) is 6.16. The van der Waals surface area contributed by atoms with Crippen LogP contribution in [0.2, 0.25) is 5.02 Å². The van der Waals surface area contributed by atoms with E-state index in [4.69, 9.17) is 11.6 Å². The van der Waals surface area contributed by atoms with Crippen molar-refractivity contribution in [1.29, 1.82) is 0 Å². The predicted molar refractivity (Wildman–Crippen MR) is 105 cm³/mol. The molecule has 0 atom stereocenters. The lowest BCUT2D eigenvalue weighted by Gasteiger charge is -2.36. The fourth-order valence-electron chi connectivity index (χ4n) is 3.18. The Bertz CT molecular complexity index is 830. The Morgan fingerprint density at radius 3 is 2.35 bits per heavy atom. The Morgan fingerprint density at radius 1 is 1.04 bits per heavy atom. The Morgan fingerprint density at radius 2 is 1.73 bits per heavy atom. The maximum Gasteiger partial charge on any atom is 0.254 e. The summed E-state index contributed by atoms with van der Waals surface area (Å²) in [6.07, 6.45) is 0. The quantitative estimate of drug-likeness (QED) is 0.897. The molecule has 1 aliphatic heterocycles. The van der Waals surface area contributed by atoms with Crippen LogP contribution in [0.4, 0.5) is 11.4 Å². The van der Waals surface area contributed by atoms with Gasteiger partial charge in [-0.25, -0.2) is 0 Å². The van der Waals surface area contributed by atoms with Crippen LogP contribution in [0, 0.1) is 6.92 Å². The van der Waals surface area contributed by atoms with Crippen molar-refractivity contribution in [3.63, 3.8) is 0 Å². The highest BCUT2D eigenvalue weighted by Crippen LogP contribution is 2.30. The Hall–Kier alpha value is -2.53. The number of piperazine rings is 1. The number of benzene rings is 2. The molecule has 0 saturated carbocycles. The van der Waals surface area contributed by atoms with E-state index < -0.39 is 0 Å². The first-order valence-corrected chi connectivity index (χ1v) is 9.00. The molecule has 3 rings (SSSR count). The lowest BCUT2D eigenvalue weighted by Crippen LogP contribution is -2.49. The molecule has 0 unspecified atom stereocenters. The number of aryl methyl sites for hydroxylation is 1. The molecule has 1 fully saturated rings. The number of hydrogen-bond acceptors (Lipinski definition) is 3. The maximum absolute atomic E-state index is 12.7. The normalized spacial score (nSPS) is 14.3. The van der Waals surface area contributed by atoms with Gasteiger partial charge in [0, 0.05) is 44.4 Å². The smallest absolute Gasteiger partial charge is 0.254 e. The van der Waals surface area contributed by atoms with Crippen LogP contribution >= 0.6 is 11.6 Å². The van der Waals surface area contributed by atoms with Gasteiger partial charge in [-0.1, -0.05) is 29.8 Å². The molecule has 2 aromatic rings. The molecule has 5 nitrogen and oxygen atoms in total. The van der Waals surface area contributed by atoms with Gasteiger partial charge in [0.25, 0.3) is 5.91 Å². The van der Waals surface area contributed by atoms with E-state index in [0.717, 1.165) is 29.9 Å². The highest BCUT2D eigenvalue weighted by molar-refractivity contribution is 6.33. The number of carbonyl (C=O) groups is 2. The summed E-state index contributed by atoms with van der Waals surface area (Å²) in [5.41, 5.74) is 3.36. The summed E-state index contributed by atoms with van der Waals surface area (Å²) in [5, 5.41) is 3.32. The number of amides is 2. The largest absolute Gasteiger partial charge is 0.367 e. The van der Waals surface area contributed by atoms with Gasteiger partial charge in [-0.3, -0.25) is 9.59 Å². The van der Waals surface area contributed by atoms with Crippen molar-refractivity contribution >= 4 is 34.8 Å². The zero-order chi connectivity index (χ0) is 18.7. The molecule has 1 heterocycles. The monoisotopic (exact) mass is 371 g/mol. The molecule has 2 amide bonds. The fourth-order valence-corrected chi connectivity index (χ4v) is 3.48. The number of nitrogens with one attached hydrogen (secondary N) is 1. The molecule has 26 heavy (non-hydrogen) atoms. The number of anilines is 2. The second kappa shape index (κ2) is 7.79. The molecule has 6 heteroatoms. The standard InChI is InChI=1S/C20H22ClN3O2/c1-14-5-3-4-6-17(14)20(26)24-11-9-23(10-12-24)19-8-7-16(13-18(19)21)22-15(2)25/h3-8,13H,9-12H2,1-2H3,(H,22,25). The molecule has 1 N–H and O–H groups in total. The highest BCUT2D eigenvalue weighted by Gasteiger charge is 2.24. The second-order valence-corrected chi connectivity index (χ2v) is 6.85. The van der Waals surface area contributed by atoms with Gasteiger partial charge < -0.3 is 15.1 Å². The van der Waals surface area contributed by atoms with Gasteiger partial charge in [0.15, 0.2) is 0 Å². The summed E-state index contributed by atoms with van der Waals surface area (Å²) in [5.74, 6) is -0.0491. The average molecular weight is 372 g/mol. The third-order valence-corrected chi connectivity index (χ3v) is 4.85. The van der Waals surface area contributed by atoms with Crippen LogP contribution in [0.3, 0.4) is 0 Å². The Labute approximate surface area is 158 Å². The lowest BCUT2D eigenvalue weighted by atomic mass is 10.1. The molecule has 1 saturated heterocycles. The molecular weight excluding hydrogens is 350 g/mol. The molecule has 2 aromatic carbocycles. The van der Waals surface area contributed by atoms with Crippen LogP contribution in [0.5, 0.6) is 0 Å². The zero-order valence-corrected chi connectivity index (χ0v) is 15.7. The van der Waals surface area contributed by atoms with Crippen LogP contribution in [0.15, 0.2) is 42.5 Å². The SMILES string of the molecule is CC(=O)Nc1ccc(N2CCN(C(=O)c3ccccc3C)CC2)c(Cl)c1. The van der Waals surface area contributed by atoms with Crippen molar-refractivity contribution in [2.45, 2.75) is 13.8 Å². The van der Waals surface area contributed by atoms with Crippen molar-refractivity contribution in [1.82, 2.24) is 4.90 Å². The first-order valence-electron chi connectivity index (χ1n) is 8.62.